The molecule has 1 N–H and O–H groups in total. The van der Waals surface area contributed by atoms with Crippen LogP contribution in [0.3, 0.4) is 0 Å². The molecular formula is C16H19Cl2N3O. The van der Waals surface area contributed by atoms with Gasteiger partial charge in [0.15, 0.2) is 5.65 Å². The van der Waals surface area contributed by atoms with Crippen LogP contribution in [0.1, 0.15) is 37.8 Å². The number of nitrogens with zero attached hydrogens (tertiary/aromatic N) is 2. The Labute approximate surface area is 139 Å². The monoisotopic (exact) mass is 339 g/mol. The van der Waals surface area contributed by atoms with E-state index in [1.54, 1.807) is 12.3 Å². The highest BCUT2D eigenvalue weighted by molar-refractivity contribution is 6.36. The highest BCUT2D eigenvalue weighted by Crippen LogP contribution is 2.24. The first-order valence-corrected chi connectivity index (χ1v) is 8.49. The molecule has 4 nitrogen and oxygen atoms in total. The van der Waals surface area contributed by atoms with Gasteiger partial charge in [0.2, 0.25) is 5.91 Å². The van der Waals surface area contributed by atoms with Crippen LogP contribution in [0.25, 0.3) is 5.65 Å². The van der Waals surface area contributed by atoms with Crippen LogP contribution in [0.15, 0.2) is 18.5 Å². The molecule has 3 rings (SSSR count). The Morgan fingerprint density at radius 3 is 2.82 bits per heavy atom. The zero-order valence-corrected chi connectivity index (χ0v) is 13.8. The first kappa shape index (κ1) is 15.6. The number of nitrogens with one attached hydrogen (secondary N) is 1. The molecule has 0 bridgehead atoms. The highest BCUT2D eigenvalue weighted by Gasteiger charge is 2.20. The first-order valence-electron chi connectivity index (χ1n) is 7.74. The Morgan fingerprint density at radius 1 is 1.27 bits per heavy atom. The minimum Gasteiger partial charge on any atom is -0.355 e. The lowest BCUT2D eigenvalue weighted by Gasteiger charge is -2.20. The Balaban J connectivity index is 1.57. The Kier molecular flexibility index (Phi) is 4.89. The van der Waals surface area contributed by atoms with E-state index >= 15 is 0 Å². The maximum Gasteiger partial charge on any atom is 0.223 e. The summed E-state index contributed by atoms with van der Waals surface area (Å²) in [5.74, 6) is 0.382. The van der Waals surface area contributed by atoms with Gasteiger partial charge in [-0.2, -0.15) is 0 Å². The van der Waals surface area contributed by atoms with Crippen molar-refractivity contribution in [3.63, 3.8) is 0 Å². The Morgan fingerprint density at radius 2 is 2.05 bits per heavy atom. The molecule has 118 valence electrons. The van der Waals surface area contributed by atoms with Gasteiger partial charge in [0.05, 0.1) is 15.7 Å². The molecule has 1 aliphatic carbocycles. The normalized spacial score (nSPS) is 16.1. The lowest BCUT2D eigenvalue weighted by Crippen LogP contribution is -2.33. The number of carbonyl (C=O) groups excluding carboxylic acids is 1. The van der Waals surface area contributed by atoms with Gasteiger partial charge in [0.1, 0.15) is 0 Å². The van der Waals surface area contributed by atoms with Gasteiger partial charge in [-0.15, -0.1) is 0 Å². The van der Waals surface area contributed by atoms with Crippen LogP contribution in [-0.4, -0.2) is 21.8 Å². The van der Waals surface area contributed by atoms with Crippen molar-refractivity contribution in [1.82, 2.24) is 14.7 Å². The molecule has 1 fully saturated rings. The van der Waals surface area contributed by atoms with Crippen LogP contribution in [-0.2, 0) is 11.2 Å². The van der Waals surface area contributed by atoms with E-state index < -0.39 is 0 Å². The van der Waals surface area contributed by atoms with Crippen molar-refractivity contribution in [2.75, 3.05) is 6.54 Å². The number of imidazole rings is 1. The van der Waals surface area contributed by atoms with E-state index in [9.17, 15) is 4.79 Å². The van der Waals surface area contributed by atoms with Crippen molar-refractivity contribution in [1.29, 1.82) is 0 Å². The van der Waals surface area contributed by atoms with Gasteiger partial charge >= 0.3 is 0 Å². The predicted octanol–water partition coefficient (Wildman–Crippen LogP) is 3.88. The summed E-state index contributed by atoms with van der Waals surface area (Å²) in [6.07, 6.45) is 10.0. The van der Waals surface area contributed by atoms with Crippen molar-refractivity contribution >= 4 is 34.8 Å². The molecule has 2 aromatic rings. The highest BCUT2D eigenvalue weighted by atomic mass is 35.5. The fourth-order valence-electron chi connectivity index (χ4n) is 3.02. The van der Waals surface area contributed by atoms with Crippen LogP contribution in [0.4, 0.5) is 0 Å². The van der Waals surface area contributed by atoms with Crippen molar-refractivity contribution in [2.24, 2.45) is 5.92 Å². The number of hydrogen-bond donors (Lipinski definition) is 1. The largest absolute Gasteiger partial charge is 0.355 e. The third-order valence-electron chi connectivity index (χ3n) is 4.18. The minimum absolute atomic E-state index is 0.185. The molecule has 0 aromatic carbocycles. The second-order valence-corrected chi connectivity index (χ2v) is 6.69. The number of hydrogen-bond acceptors (Lipinski definition) is 2. The van der Waals surface area contributed by atoms with Crippen molar-refractivity contribution in [3.05, 3.63) is 34.2 Å². The van der Waals surface area contributed by atoms with Crippen LogP contribution in [0, 0.1) is 5.92 Å². The molecule has 0 spiro atoms. The van der Waals surface area contributed by atoms with E-state index in [4.69, 9.17) is 23.2 Å². The van der Waals surface area contributed by atoms with E-state index in [1.165, 1.54) is 19.3 Å². The molecule has 2 aromatic heterocycles. The Bertz CT molecular complexity index is 677. The van der Waals surface area contributed by atoms with Crippen molar-refractivity contribution < 1.29 is 4.79 Å². The van der Waals surface area contributed by atoms with Crippen LogP contribution >= 0.6 is 23.2 Å². The van der Waals surface area contributed by atoms with Crippen molar-refractivity contribution in [3.8, 4) is 0 Å². The first-order chi connectivity index (χ1) is 10.6. The number of amides is 1. The summed E-state index contributed by atoms with van der Waals surface area (Å²) in [6.45, 7) is 0.602. The molecule has 6 heteroatoms. The molecule has 1 amide bonds. The second-order valence-electron chi connectivity index (χ2n) is 5.85. The lowest BCUT2D eigenvalue weighted by atomic mass is 9.89. The smallest absolute Gasteiger partial charge is 0.223 e. The molecule has 0 atom stereocenters. The summed E-state index contributed by atoms with van der Waals surface area (Å²) in [5.41, 5.74) is 1.59. The maximum atomic E-state index is 12.1. The SMILES string of the molecule is O=C(NCCc1cn2cc(Cl)cc(Cl)c2n1)C1CCCCC1. The topological polar surface area (TPSA) is 46.4 Å². The molecule has 0 aliphatic heterocycles. The lowest BCUT2D eigenvalue weighted by molar-refractivity contribution is -0.125. The van der Waals surface area contributed by atoms with E-state index in [1.807, 2.05) is 10.6 Å². The van der Waals surface area contributed by atoms with Gasteiger partial charge in [-0.3, -0.25) is 4.79 Å². The number of fused-ring (bicyclic) bond motifs is 1. The quantitative estimate of drug-likeness (QED) is 0.918. The number of pyridine rings is 1. The maximum absolute atomic E-state index is 12.1. The summed E-state index contributed by atoms with van der Waals surface area (Å²) >= 11 is 12.1. The molecule has 2 heterocycles. The van der Waals surface area contributed by atoms with Crippen LogP contribution < -0.4 is 5.32 Å². The number of rotatable bonds is 4. The van der Waals surface area contributed by atoms with Crippen LogP contribution in [0.5, 0.6) is 0 Å². The second kappa shape index (κ2) is 6.88. The average molecular weight is 340 g/mol. The number of aromatic nitrogens is 2. The van der Waals surface area contributed by atoms with Gasteiger partial charge in [0, 0.05) is 31.3 Å². The molecule has 22 heavy (non-hydrogen) atoms. The molecule has 0 saturated heterocycles. The van der Waals surface area contributed by atoms with Gasteiger partial charge in [-0.1, -0.05) is 42.5 Å². The molecule has 0 unspecified atom stereocenters. The summed E-state index contributed by atoms with van der Waals surface area (Å²) < 4.78 is 1.82. The van der Waals surface area contributed by atoms with Crippen molar-refractivity contribution in [2.45, 2.75) is 38.5 Å². The van der Waals surface area contributed by atoms with Gasteiger partial charge in [-0.05, 0) is 18.9 Å². The van der Waals surface area contributed by atoms with Gasteiger partial charge in [-0.25, -0.2) is 4.98 Å². The molecular weight excluding hydrogens is 321 g/mol. The fourth-order valence-corrected chi connectivity index (χ4v) is 3.55. The summed E-state index contributed by atoms with van der Waals surface area (Å²) in [7, 11) is 0. The number of halogens is 2. The predicted molar refractivity (Wildman–Crippen MR) is 88.5 cm³/mol. The zero-order chi connectivity index (χ0) is 15.5. The third-order valence-corrected chi connectivity index (χ3v) is 4.66. The fraction of sp³-hybridized carbons (Fsp3) is 0.500. The summed E-state index contributed by atoms with van der Waals surface area (Å²) in [4.78, 5) is 16.6. The number of carbonyl (C=O) groups is 1. The third kappa shape index (κ3) is 3.55. The zero-order valence-electron chi connectivity index (χ0n) is 12.3. The average Bonchev–Trinajstić information content (AvgIpc) is 2.91. The van der Waals surface area contributed by atoms with E-state index in [0.29, 0.717) is 28.7 Å². The van der Waals surface area contributed by atoms with E-state index in [-0.39, 0.29) is 11.8 Å². The van der Waals surface area contributed by atoms with Gasteiger partial charge in [0.25, 0.3) is 0 Å². The molecule has 1 aliphatic rings. The Hall–Kier alpha value is -1.26. The van der Waals surface area contributed by atoms with E-state index in [0.717, 1.165) is 18.5 Å². The summed E-state index contributed by atoms with van der Waals surface area (Å²) in [6, 6.07) is 1.68. The standard InChI is InChI=1S/C16H19Cl2N3O/c17-12-8-14(18)15-20-13(10-21(15)9-12)6-7-19-16(22)11-4-2-1-3-5-11/h8-11H,1-7H2,(H,19,22). The minimum atomic E-state index is 0.185. The van der Waals surface area contributed by atoms with Crippen LogP contribution in [0.2, 0.25) is 10.0 Å². The van der Waals surface area contributed by atoms with Gasteiger partial charge < -0.3 is 9.72 Å². The molecule has 1 saturated carbocycles. The summed E-state index contributed by atoms with van der Waals surface area (Å²) in [5, 5.41) is 4.13. The van der Waals surface area contributed by atoms with E-state index in [2.05, 4.69) is 10.3 Å². The molecule has 0 radical (unpaired) electrons.